The zero-order valence-electron chi connectivity index (χ0n) is 21.0. The van der Waals surface area contributed by atoms with Crippen molar-refractivity contribution in [2.24, 2.45) is 5.92 Å². The number of carbonyl (C=O) groups excluding carboxylic acids is 1. The fraction of sp³-hybridized carbons (Fsp3) is 0.281. The van der Waals surface area contributed by atoms with E-state index in [0.717, 1.165) is 48.1 Å². The highest BCUT2D eigenvalue weighted by molar-refractivity contribution is 5.97. The molecule has 0 radical (unpaired) electrons. The van der Waals surface area contributed by atoms with Crippen LogP contribution in [0.4, 0.5) is 11.4 Å². The molecule has 0 N–H and O–H groups in total. The third-order valence-corrected chi connectivity index (χ3v) is 7.06. The van der Waals surface area contributed by atoms with Gasteiger partial charge in [0.05, 0.1) is 12.2 Å². The summed E-state index contributed by atoms with van der Waals surface area (Å²) in [7, 11) is 4.10. The van der Waals surface area contributed by atoms with E-state index in [1.807, 2.05) is 49.3 Å². The highest BCUT2D eigenvalue weighted by atomic mass is 16.2. The van der Waals surface area contributed by atoms with E-state index < -0.39 is 0 Å². The number of hydrogen-bond donors (Lipinski definition) is 0. The molecule has 0 aliphatic heterocycles. The Morgan fingerprint density at radius 3 is 2.06 bits per heavy atom. The second-order valence-corrected chi connectivity index (χ2v) is 9.59. The third-order valence-electron chi connectivity index (χ3n) is 7.06. The Kier molecular flexibility index (Phi) is 7.87. The lowest BCUT2D eigenvalue weighted by Crippen LogP contribution is -2.37. The van der Waals surface area contributed by atoms with Crippen molar-refractivity contribution in [3.63, 3.8) is 0 Å². The van der Waals surface area contributed by atoms with Gasteiger partial charge in [0, 0.05) is 31.3 Å². The number of hydrogen-bond acceptors (Lipinski definition) is 2. The van der Waals surface area contributed by atoms with Gasteiger partial charge in [-0.05, 0) is 53.3 Å². The molecular weight excluding hydrogens is 428 g/mol. The Morgan fingerprint density at radius 1 is 0.857 bits per heavy atom. The van der Waals surface area contributed by atoms with Crippen molar-refractivity contribution >= 4 is 29.4 Å². The number of carbonyl (C=O) groups is 1. The Bertz CT molecular complexity index is 1170. The maximum absolute atomic E-state index is 13.8. The molecule has 0 saturated heterocycles. The summed E-state index contributed by atoms with van der Waals surface area (Å²) in [6.07, 6.45) is 9.11. The molecule has 3 heteroatoms. The van der Waals surface area contributed by atoms with E-state index in [9.17, 15) is 4.79 Å². The average molecular weight is 465 g/mol. The summed E-state index contributed by atoms with van der Waals surface area (Å²) in [6.45, 7) is 8.53. The fourth-order valence-corrected chi connectivity index (χ4v) is 5.00. The van der Waals surface area contributed by atoms with Gasteiger partial charge in [-0.15, -0.1) is 0 Å². The standard InChI is InChI=1S/C32H36N2O/c1-5-25-13-10-14-31(30(25)6-2)34(32(35)28-11-8-7-9-12-28)23-24-15-17-26(18-16-24)27-19-21-29(22-20-27)33(3)4/h5-6,10,13-22,28H,1-2,7-9,11-12,23H2,3-4H3. The van der Waals surface area contributed by atoms with Crippen molar-refractivity contribution in [2.45, 2.75) is 38.6 Å². The maximum atomic E-state index is 13.8. The zero-order valence-corrected chi connectivity index (χ0v) is 21.0. The molecule has 1 aliphatic carbocycles. The van der Waals surface area contributed by atoms with Crippen LogP contribution in [0.5, 0.6) is 0 Å². The molecule has 0 aromatic heterocycles. The van der Waals surface area contributed by atoms with Gasteiger partial charge in [-0.2, -0.15) is 0 Å². The van der Waals surface area contributed by atoms with Crippen molar-refractivity contribution in [1.82, 2.24) is 0 Å². The molecule has 0 spiro atoms. The van der Waals surface area contributed by atoms with Crippen molar-refractivity contribution in [2.75, 3.05) is 23.9 Å². The summed E-state index contributed by atoms with van der Waals surface area (Å²) in [6, 6.07) is 23.2. The first-order valence-corrected chi connectivity index (χ1v) is 12.6. The Labute approximate surface area is 210 Å². The van der Waals surface area contributed by atoms with Gasteiger partial charge >= 0.3 is 0 Å². The number of anilines is 2. The number of rotatable bonds is 8. The van der Waals surface area contributed by atoms with E-state index in [1.54, 1.807) is 0 Å². The van der Waals surface area contributed by atoms with Gasteiger partial charge in [-0.1, -0.05) is 93.1 Å². The van der Waals surface area contributed by atoms with E-state index >= 15 is 0 Å². The lowest BCUT2D eigenvalue weighted by atomic mass is 9.87. The molecule has 180 valence electrons. The van der Waals surface area contributed by atoms with Crippen molar-refractivity contribution in [1.29, 1.82) is 0 Å². The molecule has 4 rings (SSSR count). The van der Waals surface area contributed by atoms with Gasteiger partial charge in [0.1, 0.15) is 0 Å². The van der Waals surface area contributed by atoms with Crippen LogP contribution in [0, 0.1) is 5.92 Å². The molecule has 1 amide bonds. The van der Waals surface area contributed by atoms with Crippen LogP contribution in [0.2, 0.25) is 0 Å². The Morgan fingerprint density at radius 2 is 1.49 bits per heavy atom. The van der Waals surface area contributed by atoms with E-state index in [4.69, 9.17) is 0 Å². The summed E-state index contributed by atoms with van der Waals surface area (Å²) in [5.74, 6) is 0.306. The summed E-state index contributed by atoms with van der Waals surface area (Å²) in [4.78, 5) is 17.9. The van der Waals surface area contributed by atoms with Crippen LogP contribution < -0.4 is 9.80 Å². The molecule has 3 aromatic carbocycles. The summed E-state index contributed by atoms with van der Waals surface area (Å²) >= 11 is 0. The molecule has 0 atom stereocenters. The van der Waals surface area contributed by atoms with Gasteiger partial charge in [-0.3, -0.25) is 4.79 Å². The van der Waals surface area contributed by atoms with Gasteiger partial charge in [0.25, 0.3) is 0 Å². The van der Waals surface area contributed by atoms with Crippen molar-refractivity contribution in [3.8, 4) is 11.1 Å². The molecule has 1 aliphatic rings. The molecule has 3 aromatic rings. The highest BCUT2D eigenvalue weighted by Gasteiger charge is 2.28. The number of amides is 1. The first-order valence-electron chi connectivity index (χ1n) is 12.6. The summed E-state index contributed by atoms with van der Waals surface area (Å²) in [5, 5.41) is 0. The lowest BCUT2D eigenvalue weighted by molar-refractivity contribution is -0.123. The Balaban J connectivity index is 1.64. The van der Waals surface area contributed by atoms with Gasteiger partial charge < -0.3 is 9.80 Å². The average Bonchev–Trinajstić information content (AvgIpc) is 2.91. The molecule has 0 unspecified atom stereocenters. The van der Waals surface area contributed by atoms with E-state index in [2.05, 4.69) is 66.6 Å². The number of benzene rings is 3. The van der Waals surface area contributed by atoms with Crippen LogP contribution in [0.25, 0.3) is 23.3 Å². The molecule has 0 heterocycles. The second kappa shape index (κ2) is 11.2. The van der Waals surface area contributed by atoms with Crippen LogP contribution in [0.15, 0.2) is 79.9 Å². The third kappa shape index (κ3) is 5.57. The molecule has 35 heavy (non-hydrogen) atoms. The number of nitrogens with zero attached hydrogens (tertiary/aromatic N) is 2. The summed E-state index contributed by atoms with van der Waals surface area (Å²) < 4.78 is 0. The fourth-order valence-electron chi connectivity index (χ4n) is 5.00. The van der Waals surface area contributed by atoms with E-state index in [0.29, 0.717) is 6.54 Å². The normalized spacial score (nSPS) is 13.8. The van der Waals surface area contributed by atoms with Crippen molar-refractivity contribution in [3.05, 3.63) is 96.6 Å². The molecular formula is C32H36N2O. The first kappa shape index (κ1) is 24.5. The van der Waals surface area contributed by atoms with Gasteiger partial charge in [0.15, 0.2) is 0 Å². The Hall–Kier alpha value is -3.59. The van der Waals surface area contributed by atoms with Gasteiger partial charge in [0.2, 0.25) is 5.91 Å². The van der Waals surface area contributed by atoms with Crippen LogP contribution in [0.1, 0.15) is 48.8 Å². The highest BCUT2D eigenvalue weighted by Crippen LogP contribution is 2.33. The minimum Gasteiger partial charge on any atom is -0.378 e. The van der Waals surface area contributed by atoms with Crippen LogP contribution in [-0.4, -0.2) is 20.0 Å². The lowest BCUT2D eigenvalue weighted by Gasteiger charge is -2.31. The second-order valence-electron chi connectivity index (χ2n) is 9.59. The van der Waals surface area contributed by atoms with E-state index in [1.165, 1.54) is 23.2 Å². The largest absolute Gasteiger partial charge is 0.378 e. The predicted molar refractivity (Wildman–Crippen MR) is 151 cm³/mol. The minimum absolute atomic E-state index is 0.0864. The molecule has 1 fully saturated rings. The maximum Gasteiger partial charge on any atom is 0.230 e. The monoisotopic (exact) mass is 464 g/mol. The van der Waals surface area contributed by atoms with Crippen LogP contribution >= 0.6 is 0 Å². The zero-order chi connectivity index (χ0) is 24.8. The predicted octanol–water partition coefficient (Wildman–Crippen LogP) is 7.82. The van der Waals surface area contributed by atoms with Crippen LogP contribution in [-0.2, 0) is 11.3 Å². The quantitative estimate of drug-likeness (QED) is 0.339. The van der Waals surface area contributed by atoms with Gasteiger partial charge in [-0.25, -0.2) is 0 Å². The molecule has 1 saturated carbocycles. The SMILES string of the molecule is C=Cc1cccc(N(Cc2ccc(-c3ccc(N(C)C)cc3)cc2)C(=O)C2CCCCC2)c1C=C. The van der Waals surface area contributed by atoms with Crippen LogP contribution in [0.3, 0.4) is 0 Å². The molecule has 3 nitrogen and oxygen atoms in total. The van der Waals surface area contributed by atoms with Crippen molar-refractivity contribution < 1.29 is 4.79 Å². The first-order chi connectivity index (χ1) is 17.0. The topological polar surface area (TPSA) is 23.6 Å². The molecule has 0 bridgehead atoms. The minimum atomic E-state index is 0.0864. The van der Waals surface area contributed by atoms with E-state index in [-0.39, 0.29) is 11.8 Å². The smallest absolute Gasteiger partial charge is 0.230 e. The summed E-state index contributed by atoms with van der Waals surface area (Å²) in [5.41, 5.74) is 7.52.